The molecule has 1 heterocycles. The summed E-state index contributed by atoms with van der Waals surface area (Å²) >= 11 is 6.21. The van der Waals surface area contributed by atoms with Crippen molar-refractivity contribution in [3.8, 4) is 11.4 Å². The Kier molecular flexibility index (Phi) is 6.84. The van der Waals surface area contributed by atoms with Crippen LogP contribution in [0.25, 0.3) is 5.69 Å². The van der Waals surface area contributed by atoms with E-state index in [4.69, 9.17) is 16.3 Å². The van der Waals surface area contributed by atoms with E-state index in [9.17, 15) is 18.0 Å². The molecule has 0 fully saturated rings. The molecule has 1 aromatic heterocycles. The third kappa shape index (κ3) is 5.66. The van der Waals surface area contributed by atoms with Crippen molar-refractivity contribution in [3.63, 3.8) is 0 Å². The summed E-state index contributed by atoms with van der Waals surface area (Å²) in [6, 6.07) is 18.5. The number of aryl methyl sites for hydroxylation is 1. The smallest absolute Gasteiger partial charge is 0.416 e. The van der Waals surface area contributed by atoms with Crippen molar-refractivity contribution in [1.29, 1.82) is 0 Å². The Hall–Kier alpha value is -3.78. The lowest BCUT2D eigenvalue weighted by atomic mass is 10.1. The molecular weight excluding hydrogens is 479 g/mol. The van der Waals surface area contributed by atoms with Gasteiger partial charge >= 0.3 is 6.18 Å². The summed E-state index contributed by atoms with van der Waals surface area (Å²) in [7, 11) is 0. The van der Waals surface area contributed by atoms with Crippen molar-refractivity contribution in [3.05, 3.63) is 106 Å². The lowest BCUT2D eigenvalue weighted by Crippen LogP contribution is -2.12. The van der Waals surface area contributed by atoms with Gasteiger partial charge in [-0.15, -0.1) is 0 Å². The van der Waals surface area contributed by atoms with Gasteiger partial charge in [0, 0.05) is 11.3 Å². The number of carbonyl (C=O) groups is 1. The van der Waals surface area contributed by atoms with Crippen LogP contribution in [-0.4, -0.2) is 15.7 Å². The van der Waals surface area contributed by atoms with Gasteiger partial charge in [0.2, 0.25) is 0 Å². The Labute approximate surface area is 205 Å². The summed E-state index contributed by atoms with van der Waals surface area (Å²) in [5.41, 5.74) is 3.35. The van der Waals surface area contributed by atoms with E-state index in [1.807, 2.05) is 26.0 Å². The molecule has 1 amide bonds. The second-order valence-electron chi connectivity index (χ2n) is 7.91. The third-order valence-corrected chi connectivity index (χ3v) is 5.92. The van der Waals surface area contributed by atoms with Crippen LogP contribution in [0.15, 0.2) is 72.8 Å². The number of alkyl halides is 3. The molecule has 5 nitrogen and oxygen atoms in total. The minimum absolute atomic E-state index is 0.108. The zero-order valence-electron chi connectivity index (χ0n) is 18.9. The number of aromatic nitrogens is 2. The molecule has 35 heavy (non-hydrogen) atoms. The Morgan fingerprint density at radius 2 is 1.60 bits per heavy atom. The summed E-state index contributed by atoms with van der Waals surface area (Å²) in [6.45, 7) is 3.83. The van der Waals surface area contributed by atoms with Gasteiger partial charge in [0.25, 0.3) is 5.91 Å². The predicted molar refractivity (Wildman–Crippen MR) is 128 cm³/mol. The fraction of sp³-hybridized carbons (Fsp3) is 0.154. The van der Waals surface area contributed by atoms with Crippen molar-refractivity contribution in [2.75, 3.05) is 5.32 Å². The average molecular weight is 500 g/mol. The predicted octanol–water partition coefficient (Wildman–Crippen LogP) is 6.99. The highest BCUT2D eigenvalue weighted by atomic mass is 35.5. The van der Waals surface area contributed by atoms with Crippen molar-refractivity contribution in [1.82, 2.24) is 9.78 Å². The second-order valence-corrected chi connectivity index (χ2v) is 8.28. The molecule has 0 spiro atoms. The molecule has 0 aliphatic rings. The lowest BCUT2D eigenvalue weighted by Gasteiger charge is -2.10. The van der Waals surface area contributed by atoms with Crippen LogP contribution in [0.2, 0.25) is 5.02 Å². The van der Waals surface area contributed by atoms with Crippen LogP contribution in [0, 0.1) is 13.8 Å². The van der Waals surface area contributed by atoms with E-state index in [1.54, 1.807) is 41.1 Å². The van der Waals surface area contributed by atoms with Gasteiger partial charge in [0.05, 0.1) is 27.7 Å². The van der Waals surface area contributed by atoms with Crippen molar-refractivity contribution in [2.24, 2.45) is 0 Å². The molecule has 9 heteroatoms. The molecule has 0 atom stereocenters. The number of halogens is 4. The minimum atomic E-state index is -4.37. The Morgan fingerprint density at radius 1 is 0.971 bits per heavy atom. The highest BCUT2D eigenvalue weighted by molar-refractivity contribution is 6.31. The number of hydrogen-bond donors (Lipinski definition) is 1. The number of nitrogens with one attached hydrogen (secondary N) is 1. The average Bonchev–Trinajstić information content (AvgIpc) is 3.10. The van der Waals surface area contributed by atoms with Gasteiger partial charge in [0.1, 0.15) is 12.4 Å². The van der Waals surface area contributed by atoms with Crippen molar-refractivity contribution in [2.45, 2.75) is 26.6 Å². The first-order valence-corrected chi connectivity index (χ1v) is 11.0. The maximum Gasteiger partial charge on any atom is 0.416 e. The fourth-order valence-electron chi connectivity index (χ4n) is 3.42. The zero-order chi connectivity index (χ0) is 25.2. The zero-order valence-corrected chi connectivity index (χ0v) is 19.6. The van der Waals surface area contributed by atoms with Crippen LogP contribution >= 0.6 is 11.6 Å². The highest BCUT2D eigenvalue weighted by Gasteiger charge is 2.29. The number of nitrogens with zero attached hydrogens (tertiary/aromatic N) is 2. The van der Waals surface area contributed by atoms with Gasteiger partial charge in [-0.05, 0) is 80.1 Å². The summed E-state index contributed by atoms with van der Waals surface area (Å²) < 4.78 is 45.3. The van der Waals surface area contributed by atoms with Gasteiger partial charge < -0.3 is 10.1 Å². The van der Waals surface area contributed by atoms with Gasteiger partial charge in [-0.25, -0.2) is 4.68 Å². The van der Waals surface area contributed by atoms with E-state index in [1.165, 1.54) is 12.1 Å². The monoisotopic (exact) mass is 499 g/mol. The third-order valence-electron chi connectivity index (χ3n) is 5.38. The van der Waals surface area contributed by atoms with Crippen molar-refractivity contribution >= 4 is 23.2 Å². The van der Waals surface area contributed by atoms with E-state index in [2.05, 4.69) is 10.4 Å². The topological polar surface area (TPSA) is 56.2 Å². The molecule has 1 N–H and O–H groups in total. The Balaban J connectivity index is 1.34. The summed E-state index contributed by atoms with van der Waals surface area (Å²) in [5, 5.41) is 7.87. The Morgan fingerprint density at radius 3 is 2.14 bits per heavy atom. The SMILES string of the molecule is Cc1nn(-c2ccc(NC(=O)c3ccc(OCc4ccc(C(F)(F)F)cc4)cc3)cc2)c(C)c1Cl. The van der Waals surface area contributed by atoms with Crippen LogP contribution in [0.3, 0.4) is 0 Å². The van der Waals surface area contributed by atoms with E-state index in [0.717, 1.165) is 29.2 Å². The molecular formula is C26H21ClF3N3O2. The fourth-order valence-corrected chi connectivity index (χ4v) is 3.54. The number of benzene rings is 3. The molecule has 0 saturated heterocycles. The molecule has 0 radical (unpaired) electrons. The first-order valence-electron chi connectivity index (χ1n) is 10.6. The normalized spacial score (nSPS) is 11.4. The number of rotatable bonds is 6. The maximum atomic E-state index is 12.7. The maximum absolute atomic E-state index is 12.7. The van der Waals surface area contributed by atoms with Gasteiger partial charge in [0.15, 0.2) is 0 Å². The number of carbonyl (C=O) groups excluding carboxylic acids is 1. The summed E-state index contributed by atoms with van der Waals surface area (Å²) in [4.78, 5) is 12.6. The van der Waals surface area contributed by atoms with E-state index in [-0.39, 0.29) is 12.5 Å². The standard InChI is InChI=1S/C26H21ClF3N3O2/c1-16-24(27)17(2)33(32-16)22-11-9-21(10-12-22)31-25(34)19-5-13-23(14-6-19)35-15-18-3-7-20(8-4-18)26(28,29)30/h3-14H,15H2,1-2H3,(H,31,34). The summed E-state index contributed by atoms with van der Waals surface area (Å²) in [5.74, 6) is 0.204. The van der Waals surface area contributed by atoms with Crippen LogP contribution < -0.4 is 10.1 Å². The van der Waals surface area contributed by atoms with Crippen LogP contribution in [0.4, 0.5) is 18.9 Å². The van der Waals surface area contributed by atoms with Crippen LogP contribution in [-0.2, 0) is 12.8 Å². The molecule has 0 saturated carbocycles. The molecule has 3 aromatic carbocycles. The minimum Gasteiger partial charge on any atom is -0.489 e. The first-order chi connectivity index (χ1) is 16.6. The largest absolute Gasteiger partial charge is 0.489 e. The van der Waals surface area contributed by atoms with Gasteiger partial charge in [-0.1, -0.05) is 23.7 Å². The molecule has 0 aliphatic heterocycles. The van der Waals surface area contributed by atoms with Gasteiger partial charge in [-0.3, -0.25) is 4.79 Å². The summed E-state index contributed by atoms with van der Waals surface area (Å²) in [6.07, 6.45) is -4.37. The van der Waals surface area contributed by atoms with E-state index in [0.29, 0.717) is 27.6 Å². The van der Waals surface area contributed by atoms with Gasteiger partial charge in [-0.2, -0.15) is 18.3 Å². The number of amides is 1. The highest BCUT2D eigenvalue weighted by Crippen LogP contribution is 2.29. The molecule has 0 unspecified atom stereocenters. The molecule has 0 bridgehead atoms. The molecule has 4 rings (SSSR count). The Bertz CT molecular complexity index is 1330. The molecule has 180 valence electrons. The van der Waals surface area contributed by atoms with Crippen LogP contribution in [0.1, 0.15) is 32.9 Å². The van der Waals surface area contributed by atoms with E-state index >= 15 is 0 Å². The number of hydrogen-bond acceptors (Lipinski definition) is 3. The molecule has 4 aromatic rings. The van der Waals surface area contributed by atoms with E-state index < -0.39 is 11.7 Å². The number of ether oxygens (including phenoxy) is 1. The second kappa shape index (κ2) is 9.84. The van der Waals surface area contributed by atoms with Crippen LogP contribution in [0.5, 0.6) is 5.75 Å². The first kappa shape index (κ1) is 24.3. The quantitative estimate of drug-likeness (QED) is 0.311. The number of anilines is 1. The lowest BCUT2D eigenvalue weighted by molar-refractivity contribution is -0.137. The van der Waals surface area contributed by atoms with Crippen molar-refractivity contribution < 1.29 is 22.7 Å². The molecule has 0 aliphatic carbocycles.